The van der Waals surface area contributed by atoms with Crippen molar-refractivity contribution in [1.82, 2.24) is 14.9 Å². The molecule has 4 heterocycles. The van der Waals surface area contributed by atoms with Gasteiger partial charge in [-0.1, -0.05) is 18.7 Å². The second-order valence-corrected chi connectivity index (χ2v) is 10.2. The lowest BCUT2D eigenvalue weighted by molar-refractivity contribution is -0.129. The van der Waals surface area contributed by atoms with Crippen molar-refractivity contribution < 1.29 is 9.53 Å². The first-order valence-electron chi connectivity index (χ1n) is 9.45. The van der Waals surface area contributed by atoms with E-state index in [1.807, 2.05) is 4.90 Å². The molecule has 2 N–H and O–H groups in total. The van der Waals surface area contributed by atoms with Gasteiger partial charge in [-0.3, -0.25) is 4.79 Å². The molecule has 8 heteroatoms. The summed E-state index contributed by atoms with van der Waals surface area (Å²) in [5, 5.41) is 1.55. The van der Waals surface area contributed by atoms with Crippen molar-refractivity contribution in [3.05, 3.63) is 10.4 Å². The SMILES string of the molecule is CC1CCN(C(=O)CSc2nc(N)c3c4c(sc3n2)COC(C)(C)C4)CC1. The summed E-state index contributed by atoms with van der Waals surface area (Å²) in [5.41, 5.74) is 7.31. The number of hydrogen-bond donors (Lipinski definition) is 1. The monoisotopic (exact) mass is 406 g/mol. The number of fused-ring (bicyclic) bond motifs is 3. The molecule has 0 unspecified atom stereocenters. The Morgan fingerprint density at radius 1 is 1.37 bits per heavy atom. The molecular weight excluding hydrogens is 380 g/mol. The number of thioether (sulfide) groups is 1. The molecule has 1 fully saturated rings. The third kappa shape index (κ3) is 3.93. The van der Waals surface area contributed by atoms with Crippen LogP contribution in [0.25, 0.3) is 10.2 Å². The lowest BCUT2D eigenvalue weighted by Gasteiger charge is -2.30. The van der Waals surface area contributed by atoms with Crippen LogP contribution in [0.2, 0.25) is 0 Å². The van der Waals surface area contributed by atoms with E-state index in [4.69, 9.17) is 10.5 Å². The number of carbonyl (C=O) groups excluding carboxylic acids is 1. The highest BCUT2D eigenvalue weighted by Gasteiger charge is 2.30. The van der Waals surface area contributed by atoms with E-state index >= 15 is 0 Å². The average molecular weight is 407 g/mol. The molecule has 0 aromatic carbocycles. The van der Waals surface area contributed by atoms with Crippen LogP contribution >= 0.6 is 23.1 Å². The van der Waals surface area contributed by atoms with Gasteiger partial charge in [0.2, 0.25) is 5.91 Å². The largest absolute Gasteiger partial charge is 0.383 e. The molecule has 2 aromatic rings. The Morgan fingerprint density at radius 3 is 2.85 bits per heavy atom. The first kappa shape index (κ1) is 19.0. The van der Waals surface area contributed by atoms with Crippen LogP contribution in [-0.4, -0.2) is 45.2 Å². The number of thiophene rings is 1. The van der Waals surface area contributed by atoms with Crippen molar-refractivity contribution in [2.75, 3.05) is 24.6 Å². The summed E-state index contributed by atoms with van der Waals surface area (Å²) >= 11 is 3.01. The molecule has 2 aromatic heterocycles. The van der Waals surface area contributed by atoms with Gasteiger partial charge in [-0.2, -0.15) is 0 Å². The average Bonchev–Trinajstić information content (AvgIpc) is 2.97. The van der Waals surface area contributed by atoms with Gasteiger partial charge in [-0.15, -0.1) is 11.3 Å². The van der Waals surface area contributed by atoms with Crippen molar-refractivity contribution in [3.8, 4) is 0 Å². The number of nitrogen functional groups attached to an aromatic ring is 1. The lowest BCUT2D eigenvalue weighted by atomic mass is 9.94. The van der Waals surface area contributed by atoms with Gasteiger partial charge in [-0.25, -0.2) is 9.97 Å². The molecule has 0 spiro atoms. The molecule has 4 rings (SSSR count). The second-order valence-electron chi connectivity index (χ2n) is 8.15. The first-order chi connectivity index (χ1) is 12.8. The smallest absolute Gasteiger partial charge is 0.233 e. The Morgan fingerprint density at radius 2 is 2.11 bits per heavy atom. The van der Waals surface area contributed by atoms with Gasteiger partial charge in [0, 0.05) is 24.4 Å². The number of nitrogens with two attached hydrogens (primary N) is 1. The summed E-state index contributed by atoms with van der Waals surface area (Å²) < 4.78 is 5.91. The van der Waals surface area contributed by atoms with E-state index in [9.17, 15) is 4.79 Å². The van der Waals surface area contributed by atoms with Crippen LogP contribution in [0, 0.1) is 5.92 Å². The number of ether oxygens (including phenoxy) is 1. The summed E-state index contributed by atoms with van der Waals surface area (Å²) in [5.74, 6) is 1.75. The van der Waals surface area contributed by atoms with E-state index in [2.05, 4.69) is 30.7 Å². The molecule has 1 amide bonds. The molecule has 2 aliphatic heterocycles. The highest BCUT2D eigenvalue weighted by molar-refractivity contribution is 7.99. The van der Waals surface area contributed by atoms with Crippen LogP contribution in [0.15, 0.2) is 5.16 Å². The fourth-order valence-corrected chi connectivity index (χ4v) is 5.62. The molecule has 0 atom stereocenters. The molecule has 146 valence electrons. The molecule has 6 nitrogen and oxygen atoms in total. The van der Waals surface area contributed by atoms with Gasteiger partial charge in [-0.05, 0) is 38.2 Å². The molecule has 0 radical (unpaired) electrons. The van der Waals surface area contributed by atoms with Crippen molar-refractivity contribution in [2.45, 2.75) is 57.4 Å². The summed E-state index contributed by atoms with van der Waals surface area (Å²) in [6.45, 7) is 8.74. The zero-order chi connectivity index (χ0) is 19.2. The minimum atomic E-state index is -0.195. The number of aromatic nitrogens is 2. The third-order valence-corrected chi connectivity index (χ3v) is 7.33. The molecule has 0 saturated carbocycles. The van der Waals surface area contributed by atoms with Gasteiger partial charge in [0.25, 0.3) is 0 Å². The zero-order valence-electron chi connectivity index (χ0n) is 16.1. The topological polar surface area (TPSA) is 81.3 Å². The molecular formula is C19H26N4O2S2. The highest BCUT2D eigenvalue weighted by Crippen LogP contribution is 2.40. The summed E-state index contributed by atoms with van der Waals surface area (Å²) in [6, 6.07) is 0. The number of nitrogens with zero attached hydrogens (tertiary/aromatic N) is 3. The number of anilines is 1. The van der Waals surface area contributed by atoms with Crippen molar-refractivity contribution in [3.63, 3.8) is 0 Å². The van der Waals surface area contributed by atoms with Crippen LogP contribution in [0.3, 0.4) is 0 Å². The van der Waals surface area contributed by atoms with Crippen molar-refractivity contribution in [2.24, 2.45) is 5.92 Å². The van der Waals surface area contributed by atoms with E-state index in [-0.39, 0.29) is 11.5 Å². The predicted octanol–water partition coefficient (Wildman–Crippen LogP) is 3.48. The number of amides is 1. The van der Waals surface area contributed by atoms with E-state index in [0.717, 1.165) is 42.6 Å². The van der Waals surface area contributed by atoms with E-state index in [1.54, 1.807) is 11.3 Å². The third-order valence-electron chi connectivity index (χ3n) is 5.40. The summed E-state index contributed by atoms with van der Waals surface area (Å²) in [7, 11) is 0. The number of likely N-dealkylation sites (tertiary alicyclic amines) is 1. The number of rotatable bonds is 3. The molecule has 0 aliphatic carbocycles. The van der Waals surface area contributed by atoms with Gasteiger partial charge in [0.05, 0.1) is 23.3 Å². The summed E-state index contributed by atoms with van der Waals surface area (Å²) in [4.78, 5) is 25.7. The minimum Gasteiger partial charge on any atom is -0.383 e. The van der Waals surface area contributed by atoms with Crippen molar-refractivity contribution in [1.29, 1.82) is 0 Å². The Hall–Kier alpha value is -1.38. The molecule has 0 bridgehead atoms. The van der Waals surface area contributed by atoms with Crippen LogP contribution in [0.5, 0.6) is 0 Å². The van der Waals surface area contributed by atoms with Crippen LogP contribution in [0.4, 0.5) is 5.82 Å². The Kier molecular flexibility index (Phi) is 5.07. The van der Waals surface area contributed by atoms with Gasteiger partial charge < -0.3 is 15.4 Å². The van der Waals surface area contributed by atoms with E-state index in [1.165, 1.54) is 22.2 Å². The van der Waals surface area contributed by atoms with Crippen LogP contribution in [0.1, 0.15) is 44.1 Å². The molecule has 1 saturated heterocycles. The van der Waals surface area contributed by atoms with Gasteiger partial charge >= 0.3 is 0 Å². The first-order valence-corrected chi connectivity index (χ1v) is 11.2. The second kappa shape index (κ2) is 7.22. The summed E-state index contributed by atoms with van der Waals surface area (Å²) in [6.07, 6.45) is 2.99. The maximum absolute atomic E-state index is 12.5. The van der Waals surface area contributed by atoms with Gasteiger partial charge in [0.15, 0.2) is 5.16 Å². The number of piperidine rings is 1. The number of hydrogen-bond acceptors (Lipinski definition) is 7. The lowest BCUT2D eigenvalue weighted by Crippen LogP contribution is -2.38. The zero-order valence-corrected chi connectivity index (χ0v) is 17.7. The highest BCUT2D eigenvalue weighted by atomic mass is 32.2. The Balaban J connectivity index is 1.50. The standard InChI is InChI=1S/C19H26N4O2S2/c1-11-4-6-23(7-5-11)14(24)10-26-18-21-16(20)15-12-8-19(2,3)25-9-13(12)27-17(15)22-18/h11H,4-10H2,1-3H3,(H2,20,21,22). The van der Waals surface area contributed by atoms with Crippen molar-refractivity contribution >= 4 is 45.0 Å². The fraction of sp³-hybridized carbons (Fsp3) is 0.632. The minimum absolute atomic E-state index is 0.162. The molecule has 2 aliphatic rings. The quantitative estimate of drug-likeness (QED) is 0.621. The maximum atomic E-state index is 12.5. The number of carbonyl (C=O) groups is 1. The fourth-order valence-electron chi connectivity index (χ4n) is 3.69. The van der Waals surface area contributed by atoms with Crippen LogP contribution in [-0.2, 0) is 22.6 Å². The molecule has 27 heavy (non-hydrogen) atoms. The Bertz CT molecular complexity index is 872. The maximum Gasteiger partial charge on any atom is 0.233 e. The Labute approximate surface area is 167 Å². The predicted molar refractivity (Wildman–Crippen MR) is 110 cm³/mol. The normalized spacial score (nSPS) is 20.0. The van der Waals surface area contributed by atoms with E-state index < -0.39 is 0 Å². The van der Waals surface area contributed by atoms with Crippen LogP contribution < -0.4 is 5.73 Å². The van der Waals surface area contributed by atoms with E-state index in [0.29, 0.717) is 29.3 Å². The van der Waals surface area contributed by atoms with Gasteiger partial charge in [0.1, 0.15) is 10.6 Å².